The van der Waals surface area contributed by atoms with Crippen LogP contribution in [0.1, 0.15) is 0 Å². The SMILES string of the molecule is O=C(NCSCSCSC/N=C/OOCSCSCOC(=O)NCSCSCSC/N=C\OOCSCO)OCSCO. The van der Waals surface area contributed by atoms with Crippen molar-refractivity contribution in [1.29, 1.82) is 0 Å². The summed E-state index contributed by atoms with van der Waals surface area (Å²) >= 11 is 15.1. The van der Waals surface area contributed by atoms with Crippen LogP contribution in [0, 0.1) is 0 Å². The van der Waals surface area contributed by atoms with Gasteiger partial charge in [-0.2, -0.15) is 9.78 Å². The molecule has 0 aliphatic carbocycles. The molecule has 0 atom stereocenters. The molecule has 0 saturated carbocycles. The van der Waals surface area contributed by atoms with Crippen LogP contribution < -0.4 is 10.6 Å². The van der Waals surface area contributed by atoms with Crippen LogP contribution in [-0.4, -0.2) is 120 Å². The molecule has 14 nitrogen and oxygen atoms in total. The topological polar surface area (TPSA) is 179 Å². The van der Waals surface area contributed by atoms with Crippen LogP contribution in [0.25, 0.3) is 0 Å². The maximum absolute atomic E-state index is 11.7. The van der Waals surface area contributed by atoms with Crippen LogP contribution in [0.5, 0.6) is 0 Å². The zero-order chi connectivity index (χ0) is 31.3. The molecule has 0 rings (SSSR count). The number of alkyl carbamates (subject to hydrolysis) is 2. The van der Waals surface area contributed by atoms with E-state index in [9.17, 15) is 9.59 Å². The van der Waals surface area contributed by atoms with Gasteiger partial charge in [0, 0.05) is 25.4 Å². The van der Waals surface area contributed by atoms with Crippen LogP contribution in [0.4, 0.5) is 9.59 Å². The highest BCUT2D eigenvalue weighted by Gasteiger charge is 2.02. The van der Waals surface area contributed by atoms with Crippen molar-refractivity contribution in [3.63, 3.8) is 0 Å². The van der Waals surface area contributed by atoms with Crippen molar-refractivity contribution in [2.75, 3.05) is 84.6 Å². The summed E-state index contributed by atoms with van der Waals surface area (Å²) < 4.78 is 9.91. The summed E-state index contributed by atoms with van der Waals surface area (Å²) in [4.78, 5) is 50.3. The third-order valence-corrected chi connectivity index (χ3v) is 12.7. The van der Waals surface area contributed by atoms with Gasteiger partial charge in [0.25, 0.3) is 0 Å². The number of nitrogens with zero attached hydrogens (tertiary/aromatic N) is 2. The number of aliphatic hydroxyl groups excluding tert-OH is 2. The van der Waals surface area contributed by atoms with E-state index >= 15 is 0 Å². The van der Waals surface area contributed by atoms with Gasteiger partial charge in [-0.05, 0) is 0 Å². The highest BCUT2D eigenvalue weighted by molar-refractivity contribution is 8.23. The molecule has 0 aliphatic heterocycles. The Bertz CT molecular complexity index is 698. The average molecular weight is 801 g/mol. The van der Waals surface area contributed by atoms with Gasteiger partial charge in [0.15, 0.2) is 0 Å². The zero-order valence-electron chi connectivity index (χ0n) is 22.9. The lowest BCUT2D eigenvalue weighted by molar-refractivity contribution is -0.196. The summed E-state index contributed by atoms with van der Waals surface area (Å²) in [6.45, 7) is 0. The van der Waals surface area contributed by atoms with E-state index in [-0.39, 0.29) is 29.7 Å². The number of aliphatic imine (C=N–C) groups is 2. The standard InChI is InChI=1S/C19H36N4O10S10/c24-7-38-9-28-18(26)22-5-36-15-42-14-35-4-21-2-31-33-12-41-17-40-10-29-19(27)23-6-37-16-43-13-34-3-20-1-30-32-11-39-8-25/h1-2,24-25H,3-17H2,(H,22,26)(H,23,27)/b20-1-,21-2+. The van der Waals surface area contributed by atoms with E-state index < -0.39 is 12.2 Å². The summed E-state index contributed by atoms with van der Waals surface area (Å²) in [5.41, 5.74) is 0. The molecule has 0 aliphatic rings. The van der Waals surface area contributed by atoms with Crippen LogP contribution in [-0.2, 0) is 29.0 Å². The number of rotatable bonds is 32. The number of hydrogen-bond acceptors (Lipinski definition) is 22. The lowest BCUT2D eigenvalue weighted by Gasteiger charge is -2.06. The molecule has 0 spiro atoms. The molecule has 0 bridgehead atoms. The van der Waals surface area contributed by atoms with E-state index in [1.165, 1.54) is 48.1 Å². The second kappa shape index (κ2) is 39.0. The second-order valence-electron chi connectivity index (χ2n) is 6.13. The van der Waals surface area contributed by atoms with Crippen molar-refractivity contribution in [1.82, 2.24) is 10.6 Å². The fourth-order valence-electron chi connectivity index (χ4n) is 1.59. The Morgan fingerprint density at radius 2 is 0.977 bits per heavy atom. The van der Waals surface area contributed by atoms with Crippen LogP contribution >= 0.6 is 118 Å². The number of carbonyl (C=O) groups excluding carboxylic acids is 2. The molecule has 0 heterocycles. The van der Waals surface area contributed by atoms with E-state index in [2.05, 4.69) is 25.5 Å². The van der Waals surface area contributed by atoms with Gasteiger partial charge >= 0.3 is 12.2 Å². The fraction of sp³-hybridized carbons (Fsp3) is 0.789. The van der Waals surface area contributed by atoms with Crippen molar-refractivity contribution in [2.45, 2.75) is 0 Å². The Hall–Kier alpha value is 0.820. The van der Waals surface area contributed by atoms with Gasteiger partial charge in [0.1, 0.15) is 23.8 Å². The van der Waals surface area contributed by atoms with E-state index in [1.54, 1.807) is 70.6 Å². The molecule has 0 unspecified atom stereocenters. The molecular weight excluding hydrogens is 765 g/mol. The summed E-state index contributed by atoms with van der Waals surface area (Å²) in [6, 6.07) is 0. The monoisotopic (exact) mass is 800 g/mol. The number of hydrogen-bond donors (Lipinski definition) is 4. The maximum Gasteiger partial charge on any atom is 0.408 e. The first-order chi connectivity index (χ1) is 21.2. The normalized spacial score (nSPS) is 11.2. The molecule has 4 N–H and O–H groups in total. The molecule has 252 valence electrons. The lowest BCUT2D eigenvalue weighted by Crippen LogP contribution is -2.23. The fourth-order valence-corrected chi connectivity index (χ4v) is 9.07. The molecule has 0 saturated heterocycles. The number of thioether (sulfide) groups is 10. The smallest absolute Gasteiger partial charge is 0.408 e. The third-order valence-electron chi connectivity index (χ3n) is 3.17. The van der Waals surface area contributed by atoms with E-state index in [1.807, 2.05) is 0 Å². The Morgan fingerprint density at radius 3 is 1.51 bits per heavy atom. The number of carbonyl (C=O) groups is 2. The predicted octanol–water partition coefficient (Wildman–Crippen LogP) is 5.07. The number of nitrogens with one attached hydrogen (secondary N) is 2. The van der Waals surface area contributed by atoms with Gasteiger partial charge in [-0.3, -0.25) is 0 Å². The van der Waals surface area contributed by atoms with Gasteiger partial charge in [-0.25, -0.2) is 19.6 Å². The second-order valence-corrected chi connectivity index (χ2v) is 17.5. The van der Waals surface area contributed by atoms with Crippen molar-refractivity contribution in [3.05, 3.63) is 0 Å². The molecule has 24 heteroatoms. The van der Waals surface area contributed by atoms with Gasteiger partial charge in [0.2, 0.25) is 12.8 Å². The number of amides is 2. The molecule has 43 heavy (non-hydrogen) atoms. The van der Waals surface area contributed by atoms with Crippen molar-refractivity contribution >= 4 is 143 Å². The molecule has 0 radical (unpaired) electrons. The molecule has 0 aromatic rings. The van der Waals surface area contributed by atoms with Gasteiger partial charge in [-0.1, -0.05) is 11.8 Å². The van der Waals surface area contributed by atoms with E-state index in [0.717, 1.165) is 32.1 Å². The molecule has 0 aromatic heterocycles. The van der Waals surface area contributed by atoms with Gasteiger partial charge in [0.05, 0.1) is 35.4 Å². The van der Waals surface area contributed by atoms with E-state index in [4.69, 9.17) is 34.3 Å². The van der Waals surface area contributed by atoms with Gasteiger partial charge in [-0.15, -0.1) is 106 Å². The number of ether oxygens (including phenoxy) is 2. The molecule has 0 aromatic carbocycles. The van der Waals surface area contributed by atoms with E-state index in [0.29, 0.717) is 34.5 Å². The minimum atomic E-state index is -0.493. The summed E-state index contributed by atoms with van der Waals surface area (Å²) in [6.07, 6.45) is 1.55. The molecule has 2 amide bonds. The summed E-state index contributed by atoms with van der Waals surface area (Å²) in [5.74, 6) is 2.86. The van der Waals surface area contributed by atoms with Crippen molar-refractivity contribution in [3.8, 4) is 0 Å². The highest BCUT2D eigenvalue weighted by atomic mass is 32.2. The Balaban J connectivity index is 3.26. The van der Waals surface area contributed by atoms with Crippen LogP contribution in [0.2, 0.25) is 0 Å². The first kappa shape index (κ1) is 43.8. The minimum Gasteiger partial charge on any atom is -0.438 e. The van der Waals surface area contributed by atoms with Crippen molar-refractivity contribution < 1.29 is 48.8 Å². The van der Waals surface area contributed by atoms with Crippen LogP contribution in [0.15, 0.2) is 9.98 Å². The zero-order valence-corrected chi connectivity index (χ0v) is 31.1. The van der Waals surface area contributed by atoms with Crippen LogP contribution in [0.3, 0.4) is 0 Å². The molecular formula is C19H36N4O10S10. The van der Waals surface area contributed by atoms with Crippen molar-refractivity contribution in [2.24, 2.45) is 9.98 Å². The lowest BCUT2D eigenvalue weighted by atomic mass is 11.1. The summed E-state index contributed by atoms with van der Waals surface area (Å²) in [7, 11) is 0. The largest absolute Gasteiger partial charge is 0.438 e. The predicted molar refractivity (Wildman–Crippen MR) is 194 cm³/mol. The Kier molecular flexibility index (Phi) is 39.7. The summed E-state index contributed by atoms with van der Waals surface area (Å²) in [5, 5.41) is 26.5. The first-order valence-electron chi connectivity index (χ1n) is 11.5. The Morgan fingerprint density at radius 1 is 0.558 bits per heavy atom. The van der Waals surface area contributed by atoms with Gasteiger partial charge < -0.3 is 40.1 Å². The maximum atomic E-state index is 11.7. The minimum absolute atomic E-state index is 0.0206. The number of aliphatic hydroxyl groups is 2. The first-order valence-corrected chi connectivity index (χ1v) is 23.1. The quantitative estimate of drug-likeness (QED) is 0.0177. The Labute approximate surface area is 294 Å². The third kappa shape index (κ3) is 38.9. The highest BCUT2D eigenvalue weighted by Crippen LogP contribution is 2.18. The average Bonchev–Trinajstić information content (AvgIpc) is 3.00. The molecule has 0 fully saturated rings.